The van der Waals surface area contributed by atoms with Crippen LogP contribution in [0.2, 0.25) is 5.02 Å². The van der Waals surface area contributed by atoms with Gasteiger partial charge in [0, 0.05) is 11.6 Å². The van der Waals surface area contributed by atoms with Crippen LogP contribution < -0.4 is 5.32 Å². The Bertz CT molecular complexity index is 957. The van der Waals surface area contributed by atoms with Crippen LogP contribution in [0.15, 0.2) is 59.2 Å². The number of hydrogen-bond donors (Lipinski definition) is 1. The Morgan fingerprint density at radius 1 is 1.32 bits per heavy atom. The molecule has 4 atom stereocenters. The van der Waals surface area contributed by atoms with Gasteiger partial charge in [0.25, 0.3) is 0 Å². The monoisotopic (exact) mass is 398 g/mol. The molecule has 144 valence electrons. The summed E-state index contributed by atoms with van der Waals surface area (Å²) in [5.41, 5.74) is 0.194. The van der Waals surface area contributed by atoms with Crippen LogP contribution in [-0.2, 0) is 27.4 Å². The van der Waals surface area contributed by atoms with Gasteiger partial charge in [0.15, 0.2) is 0 Å². The number of carbonyl (C=O) groups is 2. The van der Waals surface area contributed by atoms with E-state index in [1.54, 1.807) is 23.3 Å². The summed E-state index contributed by atoms with van der Waals surface area (Å²) in [5.74, 6) is -0.555. The highest BCUT2D eigenvalue weighted by atomic mass is 35.5. The summed E-state index contributed by atoms with van der Waals surface area (Å²) in [7, 11) is 0. The molecule has 0 saturated carbocycles. The Hall–Kier alpha value is -2.57. The van der Waals surface area contributed by atoms with E-state index in [1.807, 2.05) is 36.4 Å². The number of likely N-dealkylation sites (tertiary alicyclic amines) is 1. The van der Waals surface area contributed by atoms with Crippen molar-refractivity contribution < 1.29 is 18.7 Å². The van der Waals surface area contributed by atoms with Gasteiger partial charge in [-0.2, -0.15) is 0 Å². The fraction of sp³-hybridized carbons (Fsp3) is 0.333. The number of halogens is 1. The minimum absolute atomic E-state index is 0.0637. The van der Waals surface area contributed by atoms with Crippen molar-refractivity contribution in [1.29, 1.82) is 0 Å². The number of carbonyl (C=O) groups excluding carboxylic acids is 2. The van der Waals surface area contributed by atoms with Gasteiger partial charge in [0.05, 0.1) is 37.3 Å². The van der Waals surface area contributed by atoms with Gasteiger partial charge >= 0.3 is 0 Å². The normalized spacial score (nSPS) is 30.1. The number of hydrogen-bond acceptors (Lipinski definition) is 4. The van der Waals surface area contributed by atoms with Gasteiger partial charge < -0.3 is 19.4 Å². The Morgan fingerprint density at radius 3 is 3.00 bits per heavy atom. The molecule has 3 aliphatic heterocycles. The van der Waals surface area contributed by atoms with Crippen LogP contribution in [0, 0.1) is 11.8 Å². The Kier molecular flexibility index (Phi) is 4.07. The number of benzene rings is 1. The topological polar surface area (TPSA) is 71.8 Å². The number of fused-ring (bicyclic) bond motifs is 1. The van der Waals surface area contributed by atoms with Crippen molar-refractivity contribution in [2.75, 3.05) is 6.54 Å². The summed E-state index contributed by atoms with van der Waals surface area (Å²) in [6.45, 7) is 1.17. The second kappa shape index (κ2) is 6.50. The molecule has 1 aromatic carbocycles. The van der Waals surface area contributed by atoms with Crippen LogP contribution in [0.25, 0.3) is 0 Å². The molecule has 1 spiro atoms. The Morgan fingerprint density at radius 2 is 2.21 bits per heavy atom. The largest absolute Gasteiger partial charge is 0.467 e. The van der Waals surface area contributed by atoms with Gasteiger partial charge in [-0.25, -0.2) is 0 Å². The lowest BCUT2D eigenvalue weighted by Gasteiger charge is -2.23. The van der Waals surface area contributed by atoms with Gasteiger partial charge in [0.1, 0.15) is 11.4 Å². The van der Waals surface area contributed by atoms with E-state index < -0.39 is 17.4 Å². The quantitative estimate of drug-likeness (QED) is 0.785. The maximum Gasteiger partial charge on any atom is 0.230 e. The zero-order chi connectivity index (χ0) is 19.3. The third-order valence-corrected chi connectivity index (χ3v) is 6.00. The van der Waals surface area contributed by atoms with Gasteiger partial charge in [-0.05, 0) is 29.8 Å². The van der Waals surface area contributed by atoms with E-state index in [0.717, 1.165) is 5.56 Å². The maximum atomic E-state index is 13.1. The number of rotatable bonds is 5. The zero-order valence-electron chi connectivity index (χ0n) is 15.0. The zero-order valence-corrected chi connectivity index (χ0v) is 15.8. The molecule has 4 heterocycles. The SMILES string of the molecule is O=C(NCc1cccc(Cl)c1)C1C2C=CC3(CN(Cc4ccco4)C(=O)C13)O2. The van der Waals surface area contributed by atoms with Crippen LogP contribution in [-0.4, -0.2) is 35.0 Å². The number of nitrogens with zero attached hydrogens (tertiary/aromatic N) is 1. The first-order valence-electron chi connectivity index (χ1n) is 9.26. The summed E-state index contributed by atoms with van der Waals surface area (Å²) in [6, 6.07) is 11.0. The first-order chi connectivity index (χ1) is 13.6. The van der Waals surface area contributed by atoms with Crippen molar-refractivity contribution in [2.45, 2.75) is 24.8 Å². The third kappa shape index (κ3) is 2.75. The van der Waals surface area contributed by atoms with E-state index in [-0.39, 0.29) is 17.9 Å². The molecule has 3 aliphatic rings. The summed E-state index contributed by atoms with van der Waals surface area (Å²) in [6.07, 6.45) is 5.08. The minimum Gasteiger partial charge on any atom is -0.467 e. The predicted octanol–water partition coefficient (Wildman–Crippen LogP) is 2.53. The van der Waals surface area contributed by atoms with Crippen molar-refractivity contribution >= 4 is 23.4 Å². The lowest BCUT2D eigenvalue weighted by atomic mass is 9.77. The molecule has 1 N–H and O–H groups in total. The molecule has 7 heteroatoms. The Balaban J connectivity index is 1.32. The van der Waals surface area contributed by atoms with E-state index in [0.29, 0.717) is 30.4 Å². The number of nitrogens with one attached hydrogen (secondary N) is 1. The third-order valence-electron chi connectivity index (χ3n) is 5.76. The highest BCUT2D eigenvalue weighted by Crippen LogP contribution is 2.52. The molecule has 2 bridgehead atoms. The number of ether oxygens (including phenoxy) is 1. The van der Waals surface area contributed by atoms with Crippen molar-refractivity contribution in [1.82, 2.24) is 10.2 Å². The average molecular weight is 399 g/mol. The molecule has 2 aromatic rings. The number of amides is 2. The molecule has 4 unspecified atom stereocenters. The summed E-state index contributed by atoms with van der Waals surface area (Å²) in [5, 5.41) is 3.56. The molecule has 0 radical (unpaired) electrons. The van der Waals surface area contributed by atoms with Gasteiger partial charge in [0.2, 0.25) is 11.8 Å². The molecule has 2 saturated heterocycles. The van der Waals surface area contributed by atoms with E-state index in [1.165, 1.54) is 0 Å². The van der Waals surface area contributed by atoms with Crippen molar-refractivity contribution in [3.8, 4) is 0 Å². The van der Waals surface area contributed by atoms with E-state index >= 15 is 0 Å². The summed E-state index contributed by atoms with van der Waals surface area (Å²) < 4.78 is 11.5. The molecule has 0 aliphatic carbocycles. The summed E-state index contributed by atoms with van der Waals surface area (Å²) >= 11 is 6.00. The highest BCUT2D eigenvalue weighted by Gasteiger charge is 2.66. The van der Waals surface area contributed by atoms with Crippen LogP contribution in [0.1, 0.15) is 11.3 Å². The highest BCUT2D eigenvalue weighted by molar-refractivity contribution is 6.30. The lowest BCUT2D eigenvalue weighted by Crippen LogP contribution is -2.43. The smallest absolute Gasteiger partial charge is 0.230 e. The van der Waals surface area contributed by atoms with Crippen molar-refractivity contribution in [2.24, 2.45) is 11.8 Å². The van der Waals surface area contributed by atoms with E-state index in [9.17, 15) is 9.59 Å². The molecule has 5 rings (SSSR count). The molecule has 1 aromatic heterocycles. The van der Waals surface area contributed by atoms with Gasteiger partial charge in [-0.15, -0.1) is 0 Å². The predicted molar refractivity (Wildman–Crippen MR) is 101 cm³/mol. The second-order valence-electron chi connectivity index (χ2n) is 7.52. The fourth-order valence-corrected chi connectivity index (χ4v) is 4.77. The lowest BCUT2D eigenvalue weighted by molar-refractivity contribution is -0.138. The first kappa shape index (κ1) is 17.5. The van der Waals surface area contributed by atoms with Gasteiger partial charge in [-0.1, -0.05) is 35.9 Å². The van der Waals surface area contributed by atoms with Crippen molar-refractivity contribution in [3.05, 3.63) is 71.2 Å². The fourth-order valence-electron chi connectivity index (χ4n) is 4.56. The Labute approximate surface area is 167 Å². The van der Waals surface area contributed by atoms with Gasteiger partial charge in [-0.3, -0.25) is 9.59 Å². The molecular formula is C21H19ClN2O4. The maximum absolute atomic E-state index is 13.1. The van der Waals surface area contributed by atoms with Crippen LogP contribution in [0.5, 0.6) is 0 Å². The molecule has 2 amide bonds. The van der Waals surface area contributed by atoms with Crippen LogP contribution >= 0.6 is 11.6 Å². The van der Waals surface area contributed by atoms with Crippen molar-refractivity contribution in [3.63, 3.8) is 0 Å². The first-order valence-corrected chi connectivity index (χ1v) is 9.64. The average Bonchev–Trinajstić information content (AvgIpc) is 3.43. The summed E-state index contributed by atoms with van der Waals surface area (Å²) in [4.78, 5) is 27.8. The van der Waals surface area contributed by atoms with E-state index in [2.05, 4.69) is 5.32 Å². The molecular weight excluding hydrogens is 380 g/mol. The molecule has 6 nitrogen and oxygen atoms in total. The van der Waals surface area contributed by atoms with E-state index in [4.69, 9.17) is 20.8 Å². The minimum atomic E-state index is -0.716. The molecule has 2 fully saturated rings. The number of furan rings is 1. The molecule has 28 heavy (non-hydrogen) atoms. The van der Waals surface area contributed by atoms with Crippen LogP contribution in [0.4, 0.5) is 0 Å². The standard InChI is InChI=1S/C21H19ClN2O4/c22-14-4-1-3-13(9-14)10-23-19(25)17-16-6-7-21(28-16)12-24(20(26)18(17)21)11-15-5-2-8-27-15/h1-9,16-18H,10-12H2,(H,23,25). The second-order valence-corrected chi connectivity index (χ2v) is 7.96. The van der Waals surface area contributed by atoms with Crippen LogP contribution in [0.3, 0.4) is 0 Å².